The highest BCUT2D eigenvalue weighted by Crippen LogP contribution is 2.47. The van der Waals surface area contributed by atoms with Gasteiger partial charge in [-0.3, -0.25) is 4.79 Å². The molecule has 0 saturated heterocycles. The van der Waals surface area contributed by atoms with Gasteiger partial charge < -0.3 is 20.6 Å². The van der Waals surface area contributed by atoms with Crippen molar-refractivity contribution >= 4 is 11.7 Å². The average Bonchev–Trinajstić information content (AvgIpc) is 3.10. The lowest BCUT2D eigenvalue weighted by molar-refractivity contribution is -0.137. The third-order valence-electron chi connectivity index (χ3n) is 3.30. The normalized spacial score (nSPS) is 19.8. The number of carbonyl (C=O) groups is 1. The highest BCUT2D eigenvalue weighted by atomic mass is 16.5. The molecule has 1 unspecified atom stereocenters. The first-order valence-electron chi connectivity index (χ1n) is 5.81. The number of carbonyl (C=O) groups excluding carboxylic acids is 1. The van der Waals surface area contributed by atoms with Crippen molar-refractivity contribution in [1.82, 2.24) is 4.90 Å². The minimum Gasteiger partial charge on any atom is -0.409 e. The summed E-state index contributed by atoms with van der Waals surface area (Å²) < 4.78 is 5.05. The Morgan fingerprint density at radius 1 is 1.65 bits per heavy atom. The summed E-state index contributed by atoms with van der Waals surface area (Å²) in [7, 11) is 1.60. The van der Waals surface area contributed by atoms with E-state index in [0.717, 1.165) is 0 Å². The molecule has 0 aromatic heterocycles. The van der Waals surface area contributed by atoms with Crippen LogP contribution in [0.4, 0.5) is 0 Å². The molecule has 3 N–H and O–H groups in total. The summed E-state index contributed by atoms with van der Waals surface area (Å²) >= 11 is 0. The zero-order chi connectivity index (χ0) is 13.1. The Kier molecular flexibility index (Phi) is 4.34. The van der Waals surface area contributed by atoms with Crippen LogP contribution in [-0.2, 0) is 9.53 Å². The topological polar surface area (TPSA) is 88.2 Å². The summed E-state index contributed by atoms with van der Waals surface area (Å²) in [5.74, 6) is -0.0505. The van der Waals surface area contributed by atoms with Crippen molar-refractivity contribution in [3.8, 4) is 0 Å². The van der Waals surface area contributed by atoms with Gasteiger partial charge in [-0.05, 0) is 26.7 Å². The Balaban J connectivity index is 2.80. The second-order valence-corrected chi connectivity index (χ2v) is 4.46. The lowest BCUT2D eigenvalue weighted by Crippen LogP contribution is -2.48. The zero-order valence-electron chi connectivity index (χ0n) is 10.6. The molecule has 6 heteroatoms. The first kappa shape index (κ1) is 13.8. The fraction of sp³-hybridized carbons (Fsp3) is 0.818. The van der Waals surface area contributed by atoms with Gasteiger partial charge in [-0.15, -0.1) is 0 Å². The first-order chi connectivity index (χ1) is 8.03. The van der Waals surface area contributed by atoms with Crippen LogP contribution in [0, 0.1) is 5.41 Å². The van der Waals surface area contributed by atoms with Crippen molar-refractivity contribution < 1.29 is 14.7 Å². The van der Waals surface area contributed by atoms with Crippen LogP contribution in [-0.4, -0.2) is 48.2 Å². The zero-order valence-corrected chi connectivity index (χ0v) is 10.6. The van der Waals surface area contributed by atoms with E-state index in [1.54, 1.807) is 12.0 Å². The fourth-order valence-electron chi connectivity index (χ4n) is 2.06. The molecule has 1 atom stereocenters. The molecule has 0 aliphatic heterocycles. The van der Waals surface area contributed by atoms with Gasteiger partial charge >= 0.3 is 0 Å². The van der Waals surface area contributed by atoms with Gasteiger partial charge in [0.05, 0.1) is 12.6 Å². The molecule has 6 nitrogen and oxygen atoms in total. The van der Waals surface area contributed by atoms with E-state index in [1.165, 1.54) is 0 Å². The van der Waals surface area contributed by atoms with Crippen LogP contribution < -0.4 is 5.73 Å². The van der Waals surface area contributed by atoms with Crippen molar-refractivity contribution in [3.63, 3.8) is 0 Å². The van der Waals surface area contributed by atoms with Gasteiger partial charge in [-0.2, -0.15) is 0 Å². The van der Waals surface area contributed by atoms with Gasteiger partial charge in [-0.25, -0.2) is 0 Å². The lowest BCUT2D eigenvalue weighted by atomic mass is 10.0. The summed E-state index contributed by atoms with van der Waals surface area (Å²) in [5.41, 5.74) is 4.83. The summed E-state index contributed by atoms with van der Waals surface area (Å²) in [5, 5.41) is 11.7. The predicted molar refractivity (Wildman–Crippen MR) is 63.8 cm³/mol. The van der Waals surface area contributed by atoms with Crippen LogP contribution >= 0.6 is 0 Å². The number of nitrogens with zero attached hydrogens (tertiary/aromatic N) is 2. The highest BCUT2D eigenvalue weighted by molar-refractivity contribution is 6.09. The number of amidine groups is 1. The van der Waals surface area contributed by atoms with E-state index in [1.807, 2.05) is 13.8 Å². The predicted octanol–water partition coefficient (Wildman–Crippen LogP) is 0.396. The minimum atomic E-state index is -0.771. The number of nitrogens with two attached hydrogens (primary N) is 1. The van der Waals surface area contributed by atoms with Crippen LogP contribution in [0.15, 0.2) is 5.16 Å². The van der Waals surface area contributed by atoms with Crippen molar-refractivity contribution in [2.75, 3.05) is 20.3 Å². The van der Waals surface area contributed by atoms with Gasteiger partial charge in [0.15, 0.2) is 5.84 Å². The van der Waals surface area contributed by atoms with E-state index >= 15 is 0 Å². The van der Waals surface area contributed by atoms with E-state index < -0.39 is 5.41 Å². The molecule has 0 aromatic rings. The van der Waals surface area contributed by atoms with E-state index in [0.29, 0.717) is 26.0 Å². The number of amides is 1. The van der Waals surface area contributed by atoms with Crippen LogP contribution in [0.5, 0.6) is 0 Å². The third kappa shape index (κ3) is 2.52. The molecule has 0 bridgehead atoms. The largest absolute Gasteiger partial charge is 0.409 e. The summed E-state index contributed by atoms with van der Waals surface area (Å²) in [6.45, 7) is 4.90. The van der Waals surface area contributed by atoms with E-state index in [9.17, 15) is 4.79 Å². The number of rotatable bonds is 6. The number of oxime groups is 1. The Morgan fingerprint density at radius 3 is 2.59 bits per heavy atom. The minimum absolute atomic E-state index is 0.0125. The van der Waals surface area contributed by atoms with Gasteiger partial charge in [0.1, 0.15) is 5.41 Å². The molecule has 98 valence electrons. The number of hydrogen-bond donors (Lipinski definition) is 2. The Hall–Kier alpha value is -1.30. The van der Waals surface area contributed by atoms with Crippen molar-refractivity contribution in [2.45, 2.75) is 32.7 Å². The molecule has 1 rings (SSSR count). The number of likely N-dealkylation sites (N-methyl/N-ethyl adjacent to an activating group) is 1. The molecule has 0 heterocycles. The van der Waals surface area contributed by atoms with E-state index in [-0.39, 0.29) is 17.8 Å². The second kappa shape index (κ2) is 5.35. The molecule has 17 heavy (non-hydrogen) atoms. The van der Waals surface area contributed by atoms with E-state index in [2.05, 4.69) is 5.16 Å². The molecular weight excluding hydrogens is 222 g/mol. The molecular formula is C11H21N3O3. The van der Waals surface area contributed by atoms with Crippen molar-refractivity contribution in [3.05, 3.63) is 0 Å². The monoisotopic (exact) mass is 243 g/mol. The van der Waals surface area contributed by atoms with Gasteiger partial charge in [0.25, 0.3) is 0 Å². The number of ether oxygens (including phenoxy) is 1. The summed E-state index contributed by atoms with van der Waals surface area (Å²) in [6, 6.07) is -0.0125. The second-order valence-electron chi connectivity index (χ2n) is 4.46. The van der Waals surface area contributed by atoms with E-state index in [4.69, 9.17) is 15.7 Å². The van der Waals surface area contributed by atoms with Gasteiger partial charge in [0, 0.05) is 13.7 Å². The SMILES string of the molecule is CCN(C(=O)C1(C(N)=NO)CC1)C(C)COC. The molecule has 1 saturated carbocycles. The third-order valence-corrected chi connectivity index (χ3v) is 3.30. The van der Waals surface area contributed by atoms with Crippen LogP contribution in [0.25, 0.3) is 0 Å². The van der Waals surface area contributed by atoms with Crippen LogP contribution in [0.3, 0.4) is 0 Å². The molecule has 1 aliphatic carbocycles. The van der Waals surface area contributed by atoms with Gasteiger partial charge in [-0.1, -0.05) is 5.16 Å². The Labute approximate surface area is 101 Å². The smallest absolute Gasteiger partial charge is 0.236 e. The quantitative estimate of drug-likeness (QED) is 0.306. The van der Waals surface area contributed by atoms with Crippen LogP contribution in [0.1, 0.15) is 26.7 Å². The molecule has 0 aromatic carbocycles. The molecule has 1 aliphatic rings. The standard InChI is InChI=1S/C11H21N3O3/c1-4-14(8(2)7-17-3)10(15)11(5-6-11)9(12)13-16/h8,16H,4-7H2,1-3H3,(H2,12,13). The molecule has 1 amide bonds. The molecule has 1 fully saturated rings. The maximum absolute atomic E-state index is 12.4. The summed E-state index contributed by atoms with van der Waals surface area (Å²) in [6.07, 6.45) is 1.30. The Bertz CT molecular complexity index is 313. The fourth-order valence-corrected chi connectivity index (χ4v) is 2.06. The van der Waals surface area contributed by atoms with Crippen molar-refractivity contribution in [1.29, 1.82) is 0 Å². The maximum Gasteiger partial charge on any atom is 0.236 e. The van der Waals surface area contributed by atoms with Crippen LogP contribution in [0.2, 0.25) is 0 Å². The number of methoxy groups -OCH3 is 1. The molecule has 0 radical (unpaired) electrons. The first-order valence-corrected chi connectivity index (χ1v) is 5.81. The summed E-state index contributed by atoms with van der Waals surface area (Å²) in [4.78, 5) is 14.1. The molecule has 0 spiro atoms. The lowest BCUT2D eigenvalue weighted by Gasteiger charge is -2.30. The van der Waals surface area contributed by atoms with Gasteiger partial charge in [0.2, 0.25) is 5.91 Å². The highest BCUT2D eigenvalue weighted by Gasteiger charge is 2.56. The van der Waals surface area contributed by atoms with Crippen molar-refractivity contribution in [2.24, 2.45) is 16.3 Å². The number of hydrogen-bond acceptors (Lipinski definition) is 4. The average molecular weight is 243 g/mol. The Morgan fingerprint density at radius 2 is 2.24 bits per heavy atom. The maximum atomic E-state index is 12.4.